The second kappa shape index (κ2) is 8.31. The largest absolute Gasteiger partial charge is 0.493 e. The highest BCUT2D eigenvalue weighted by Crippen LogP contribution is 2.21. The first-order valence-corrected chi connectivity index (χ1v) is 6.91. The number of nitrogens with zero attached hydrogens (tertiary/aromatic N) is 1. The van der Waals surface area contributed by atoms with Crippen molar-refractivity contribution in [1.29, 1.82) is 0 Å². The lowest BCUT2D eigenvalue weighted by atomic mass is 10.2. The molecule has 0 atom stereocenters. The van der Waals surface area contributed by atoms with Crippen molar-refractivity contribution in [2.24, 2.45) is 5.10 Å². The van der Waals surface area contributed by atoms with Gasteiger partial charge in [0, 0.05) is 16.6 Å². The fourth-order valence-electron chi connectivity index (χ4n) is 1.36. The molecule has 2 amide bonds. The van der Waals surface area contributed by atoms with Crippen molar-refractivity contribution in [3.8, 4) is 5.75 Å². The molecule has 0 bridgehead atoms. The van der Waals surface area contributed by atoms with Gasteiger partial charge in [-0.25, -0.2) is 5.43 Å². The summed E-state index contributed by atoms with van der Waals surface area (Å²) in [6.07, 6.45) is 1.42. The molecule has 7 heteroatoms. The van der Waals surface area contributed by atoms with E-state index in [4.69, 9.17) is 4.74 Å². The summed E-state index contributed by atoms with van der Waals surface area (Å²) in [6, 6.07) is 5.43. The molecule has 0 heterocycles. The summed E-state index contributed by atoms with van der Waals surface area (Å²) in [5, 5.41) is 6.12. The fraction of sp³-hybridized carbons (Fsp3) is 0.308. The molecule has 108 valence electrons. The number of likely N-dealkylation sites (N-methyl/N-ethyl adjacent to an activating group) is 1. The molecule has 0 radical (unpaired) electrons. The number of hydrogen-bond acceptors (Lipinski definition) is 4. The van der Waals surface area contributed by atoms with Gasteiger partial charge >= 0.3 is 11.8 Å². The van der Waals surface area contributed by atoms with Crippen molar-refractivity contribution >= 4 is 34.0 Å². The maximum Gasteiger partial charge on any atom is 0.329 e. The minimum absolute atomic E-state index is 0.385. The lowest BCUT2D eigenvalue weighted by Gasteiger charge is -2.07. The predicted octanol–water partition coefficient (Wildman–Crippen LogP) is 1.43. The zero-order chi connectivity index (χ0) is 15.0. The second-order valence-corrected chi connectivity index (χ2v) is 4.59. The van der Waals surface area contributed by atoms with Gasteiger partial charge in [0.05, 0.1) is 12.8 Å². The maximum atomic E-state index is 11.3. The highest BCUT2D eigenvalue weighted by atomic mass is 79.9. The van der Waals surface area contributed by atoms with Crippen LogP contribution in [0.15, 0.2) is 27.8 Å². The van der Waals surface area contributed by atoms with Crippen molar-refractivity contribution < 1.29 is 14.3 Å². The van der Waals surface area contributed by atoms with Crippen LogP contribution < -0.4 is 15.5 Å². The van der Waals surface area contributed by atoms with Crippen LogP contribution in [-0.2, 0) is 9.59 Å². The van der Waals surface area contributed by atoms with Gasteiger partial charge in [-0.2, -0.15) is 5.10 Å². The monoisotopic (exact) mass is 341 g/mol. The fourth-order valence-corrected chi connectivity index (χ4v) is 1.74. The second-order valence-electron chi connectivity index (χ2n) is 3.67. The number of hydrogen-bond donors (Lipinski definition) is 2. The number of rotatable bonds is 5. The van der Waals surface area contributed by atoms with Gasteiger partial charge in [-0.1, -0.05) is 15.9 Å². The molecule has 0 saturated heterocycles. The normalized spacial score (nSPS) is 10.3. The van der Waals surface area contributed by atoms with E-state index in [1.807, 2.05) is 13.0 Å². The Balaban J connectivity index is 2.72. The Kier molecular flexibility index (Phi) is 6.72. The van der Waals surface area contributed by atoms with Gasteiger partial charge in [0.1, 0.15) is 5.75 Å². The molecule has 0 aromatic heterocycles. The Bertz CT molecular complexity index is 518. The molecule has 0 aliphatic heterocycles. The Morgan fingerprint density at radius 2 is 2.10 bits per heavy atom. The van der Waals surface area contributed by atoms with E-state index in [9.17, 15) is 9.59 Å². The number of ether oxygens (including phenoxy) is 1. The highest BCUT2D eigenvalue weighted by Gasteiger charge is 2.10. The quantitative estimate of drug-likeness (QED) is 0.483. The molecule has 6 nitrogen and oxygen atoms in total. The van der Waals surface area contributed by atoms with E-state index in [-0.39, 0.29) is 0 Å². The average Bonchev–Trinajstić information content (AvgIpc) is 2.42. The number of amides is 2. The van der Waals surface area contributed by atoms with Gasteiger partial charge in [-0.05, 0) is 32.0 Å². The third kappa shape index (κ3) is 5.00. The van der Waals surface area contributed by atoms with E-state index in [1.54, 1.807) is 19.1 Å². The Labute approximate surface area is 125 Å². The maximum absolute atomic E-state index is 11.3. The molecule has 2 N–H and O–H groups in total. The lowest BCUT2D eigenvalue weighted by molar-refractivity contribution is -0.139. The number of nitrogens with one attached hydrogen (secondary N) is 2. The van der Waals surface area contributed by atoms with E-state index in [1.165, 1.54) is 6.21 Å². The van der Waals surface area contributed by atoms with Crippen molar-refractivity contribution in [2.45, 2.75) is 13.8 Å². The summed E-state index contributed by atoms with van der Waals surface area (Å²) in [5.41, 5.74) is 2.84. The third-order valence-electron chi connectivity index (χ3n) is 2.18. The Hall–Kier alpha value is -1.89. The summed E-state index contributed by atoms with van der Waals surface area (Å²) >= 11 is 3.34. The topological polar surface area (TPSA) is 79.8 Å². The first kappa shape index (κ1) is 16.2. The molecule has 1 aromatic carbocycles. The molecule has 0 unspecified atom stereocenters. The summed E-state index contributed by atoms with van der Waals surface area (Å²) in [7, 11) is 0. The molecule has 1 aromatic rings. The first-order chi connectivity index (χ1) is 9.58. The standard InChI is InChI=1S/C13H16BrN3O3/c1-3-15-12(18)13(19)17-16-8-9-7-10(14)5-6-11(9)20-4-2/h5-8H,3-4H2,1-2H3,(H,15,18)(H,17,19)/b16-8-. The zero-order valence-electron chi connectivity index (χ0n) is 11.3. The van der Waals surface area contributed by atoms with Crippen LogP contribution >= 0.6 is 15.9 Å². The van der Waals surface area contributed by atoms with Crippen LogP contribution in [0.5, 0.6) is 5.75 Å². The number of benzene rings is 1. The van der Waals surface area contributed by atoms with E-state index < -0.39 is 11.8 Å². The van der Waals surface area contributed by atoms with Crippen LogP contribution in [0.4, 0.5) is 0 Å². The minimum Gasteiger partial charge on any atom is -0.493 e. The summed E-state index contributed by atoms with van der Waals surface area (Å²) < 4.78 is 6.29. The zero-order valence-corrected chi connectivity index (χ0v) is 12.9. The molecule has 0 aliphatic rings. The number of carbonyl (C=O) groups excluding carboxylic acids is 2. The molecule has 0 spiro atoms. The molecular weight excluding hydrogens is 326 g/mol. The molecule has 0 fully saturated rings. The van der Waals surface area contributed by atoms with Crippen LogP contribution in [0.3, 0.4) is 0 Å². The lowest BCUT2D eigenvalue weighted by Crippen LogP contribution is -2.37. The molecule has 0 saturated carbocycles. The minimum atomic E-state index is -0.809. The summed E-state index contributed by atoms with van der Waals surface area (Å²) in [4.78, 5) is 22.5. The Morgan fingerprint density at radius 1 is 1.35 bits per heavy atom. The first-order valence-electron chi connectivity index (χ1n) is 6.12. The molecule has 0 aliphatic carbocycles. The smallest absolute Gasteiger partial charge is 0.329 e. The number of halogens is 1. The molecule has 1 rings (SSSR count). The van der Waals surface area contributed by atoms with E-state index >= 15 is 0 Å². The van der Waals surface area contributed by atoms with E-state index in [2.05, 4.69) is 31.8 Å². The average molecular weight is 342 g/mol. The summed E-state index contributed by atoms with van der Waals surface area (Å²) in [5.74, 6) is -0.883. The Morgan fingerprint density at radius 3 is 2.75 bits per heavy atom. The number of hydrazone groups is 1. The van der Waals surface area contributed by atoms with Gasteiger partial charge in [0.15, 0.2) is 0 Å². The van der Waals surface area contributed by atoms with Gasteiger partial charge in [-0.15, -0.1) is 0 Å². The van der Waals surface area contributed by atoms with Crippen LogP contribution in [0.1, 0.15) is 19.4 Å². The SMILES string of the molecule is CCNC(=O)C(=O)N/N=C\c1cc(Br)ccc1OCC. The van der Waals surface area contributed by atoms with Crippen LogP contribution in [0.2, 0.25) is 0 Å². The van der Waals surface area contributed by atoms with Crippen LogP contribution in [0.25, 0.3) is 0 Å². The van der Waals surface area contributed by atoms with Crippen molar-refractivity contribution in [3.05, 3.63) is 28.2 Å². The molecular formula is C13H16BrN3O3. The highest BCUT2D eigenvalue weighted by molar-refractivity contribution is 9.10. The van der Waals surface area contributed by atoms with E-state index in [0.29, 0.717) is 24.5 Å². The van der Waals surface area contributed by atoms with Gasteiger partial charge in [0.2, 0.25) is 0 Å². The van der Waals surface area contributed by atoms with Crippen LogP contribution in [-0.4, -0.2) is 31.2 Å². The van der Waals surface area contributed by atoms with Crippen molar-refractivity contribution in [2.75, 3.05) is 13.2 Å². The molecule has 20 heavy (non-hydrogen) atoms. The van der Waals surface area contributed by atoms with Gasteiger partial charge in [0.25, 0.3) is 0 Å². The van der Waals surface area contributed by atoms with Gasteiger partial charge in [-0.3, -0.25) is 9.59 Å². The summed E-state index contributed by atoms with van der Waals surface area (Å²) in [6.45, 7) is 4.51. The third-order valence-corrected chi connectivity index (χ3v) is 2.68. The van der Waals surface area contributed by atoms with Crippen LogP contribution in [0, 0.1) is 0 Å². The van der Waals surface area contributed by atoms with Crippen molar-refractivity contribution in [1.82, 2.24) is 10.7 Å². The predicted molar refractivity (Wildman–Crippen MR) is 79.7 cm³/mol. The van der Waals surface area contributed by atoms with Gasteiger partial charge < -0.3 is 10.1 Å². The van der Waals surface area contributed by atoms with E-state index in [0.717, 1.165) is 4.47 Å². The van der Waals surface area contributed by atoms with Crippen molar-refractivity contribution in [3.63, 3.8) is 0 Å². The number of carbonyl (C=O) groups is 2.